The summed E-state index contributed by atoms with van der Waals surface area (Å²) in [5.41, 5.74) is 0.379. The molecule has 8 nitrogen and oxygen atoms in total. The molecule has 1 aromatic rings. The molecule has 10 heteroatoms. The summed E-state index contributed by atoms with van der Waals surface area (Å²) >= 11 is 8.75. The van der Waals surface area contributed by atoms with Crippen LogP contribution < -0.4 is 15.4 Å². The van der Waals surface area contributed by atoms with Crippen molar-refractivity contribution >= 4 is 51.0 Å². The first-order valence-corrected chi connectivity index (χ1v) is 11.5. The fourth-order valence-corrected chi connectivity index (χ4v) is 4.64. The maximum absolute atomic E-state index is 12.6. The van der Waals surface area contributed by atoms with Crippen molar-refractivity contribution in [3.8, 4) is 5.75 Å². The number of nitrogens with one attached hydrogen (secondary N) is 2. The second kappa shape index (κ2) is 10.9. The van der Waals surface area contributed by atoms with Gasteiger partial charge >= 0.3 is 5.97 Å². The van der Waals surface area contributed by atoms with Crippen LogP contribution in [0.4, 0.5) is 0 Å². The molecule has 1 aliphatic carbocycles. The Hall–Kier alpha value is -2.20. The summed E-state index contributed by atoms with van der Waals surface area (Å²) in [7, 11) is 1.54. The molecule has 0 spiro atoms. The fourth-order valence-electron chi connectivity index (χ4n) is 3.78. The first-order valence-electron chi connectivity index (χ1n) is 10.3. The lowest BCUT2D eigenvalue weighted by atomic mass is 9.98. The Morgan fingerprint density at radius 1 is 1.29 bits per heavy atom. The number of piperazine rings is 1. The van der Waals surface area contributed by atoms with Gasteiger partial charge in [-0.1, -0.05) is 6.42 Å². The Balaban J connectivity index is 1.63. The third-order valence-corrected chi connectivity index (χ3v) is 6.39. The van der Waals surface area contributed by atoms with Crippen LogP contribution in [0.5, 0.6) is 5.75 Å². The average molecular weight is 512 g/mol. The zero-order chi connectivity index (χ0) is 22.4. The maximum Gasteiger partial charge on any atom is 0.308 e. The quantitative estimate of drug-likeness (QED) is 0.463. The zero-order valence-corrected chi connectivity index (χ0v) is 19.7. The lowest BCUT2D eigenvalue weighted by molar-refractivity contribution is -0.153. The smallest absolute Gasteiger partial charge is 0.308 e. The van der Waals surface area contributed by atoms with Crippen LogP contribution >= 0.6 is 28.1 Å². The summed E-state index contributed by atoms with van der Waals surface area (Å²) in [6.07, 6.45) is 4.77. The number of thiocarbonyl (C=S) groups is 1. The van der Waals surface area contributed by atoms with Gasteiger partial charge in [0.15, 0.2) is 5.11 Å². The van der Waals surface area contributed by atoms with Crippen molar-refractivity contribution in [3.05, 3.63) is 28.2 Å². The van der Waals surface area contributed by atoms with Crippen molar-refractivity contribution in [2.75, 3.05) is 20.2 Å². The Bertz CT molecular complexity index is 859. The number of amides is 2. The summed E-state index contributed by atoms with van der Waals surface area (Å²) in [5, 5.41) is 5.51. The third-order valence-electron chi connectivity index (χ3n) is 5.44. The van der Waals surface area contributed by atoms with E-state index >= 15 is 0 Å². The number of carbonyl (C=O) groups excluding carboxylic acids is 3. The van der Waals surface area contributed by atoms with E-state index in [4.69, 9.17) is 21.7 Å². The number of halogens is 1. The predicted molar refractivity (Wildman–Crippen MR) is 122 cm³/mol. The van der Waals surface area contributed by atoms with E-state index < -0.39 is 17.9 Å². The lowest BCUT2D eigenvalue weighted by Gasteiger charge is -2.36. The molecule has 168 valence electrons. The van der Waals surface area contributed by atoms with E-state index in [-0.39, 0.29) is 23.5 Å². The van der Waals surface area contributed by atoms with Crippen LogP contribution in [-0.2, 0) is 14.3 Å². The molecule has 2 aliphatic rings. The predicted octanol–water partition coefficient (Wildman–Crippen LogP) is 2.54. The number of ether oxygens (including phenoxy) is 2. The van der Waals surface area contributed by atoms with Gasteiger partial charge in [-0.05, 0) is 72.0 Å². The molecule has 1 aliphatic heterocycles. The molecule has 0 aromatic heterocycles. The van der Waals surface area contributed by atoms with Gasteiger partial charge in [0, 0.05) is 18.7 Å². The van der Waals surface area contributed by atoms with Crippen LogP contribution in [-0.4, -0.2) is 60.1 Å². The van der Waals surface area contributed by atoms with E-state index in [9.17, 15) is 14.4 Å². The highest BCUT2D eigenvalue weighted by atomic mass is 79.9. The van der Waals surface area contributed by atoms with Crippen LogP contribution in [0.3, 0.4) is 0 Å². The normalized spacial score (nSPS) is 19.4. The number of carbonyl (C=O) groups is 3. The van der Waals surface area contributed by atoms with Crippen molar-refractivity contribution in [3.63, 3.8) is 0 Å². The minimum absolute atomic E-state index is 0.0819. The molecule has 1 saturated heterocycles. The lowest BCUT2D eigenvalue weighted by Crippen LogP contribution is -2.60. The number of methoxy groups -OCH3 is 1. The SMILES string of the molecule is COc1ccc(C(=O)NC(=S)N2CCNC(=O)C2CC(=O)OC2CCCCC2)cc1Br. The monoisotopic (exact) mass is 511 g/mol. The van der Waals surface area contributed by atoms with Crippen LogP contribution in [0.25, 0.3) is 0 Å². The van der Waals surface area contributed by atoms with Gasteiger partial charge in [-0.2, -0.15) is 0 Å². The van der Waals surface area contributed by atoms with E-state index in [0.717, 1.165) is 32.1 Å². The van der Waals surface area contributed by atoms with Crippen molar-refractivity contribution in [2.45, 2.75) is 50.7 Å². The van der Waals surface area contributed by atoms with Crippen LogP contribution in [0, 0.1) is 0 Å². The van der Waals surface area contributed by atoms with Gasteiger partial charge < -0.3 is 19.7 Å². The molecular weight excluding hydrogens is 486 g/mol. The highest BCUT2D eigenvalue weighted by Crippen LogP contribution is 2.25. The molecule has 1 saturated carbocycles. The minimum Gasteiger partial charge on any atom is -0.496 e. The van der Waals surface area contributed by atoms with E-state index in [1.807, 2.05) is 0 Å². The second-order valence-electron chi connectivity index (χ2n) is 7.56. The highest BCUT2D eigenvalue weighted by Gasteiger charge is 2.35. The highest BCUT2D eigenvalue weighted by molar-refractivity contribution is 9.10. The van der Waals surface area contributed by atoms with Crippen molar-refractivity contribution in [1.82, 2.24) is 15.5 Å². The van der Waals surface area contributed by atoms with Crippen molar-refractivity contribution < 1.29 is 23.9 Å². The number of rotatable bonds is 5. The minimum atomic E-state index is -0.819. The third kappa shape index (κ3) is 6.16. The number of esters is 1. The molecule has 1 unspecified atom stereocenters. The first kappa shape index (κ1) is 23.5. The molecule has 1 heterocycles. The van der Waals surface area contributed by atoms with E-state index in [2.05, 4.69) is 26.6 Å². The van der Waals surface area contributed by atoms with Crippen LogP contribution in [0.15, 0.2) is 22.7 Å². The zero-order valence-electron chi connectivity index (χ0n) is 17.3. The Labute approximate surface area is 195 Å². The summed E-state index contributed by atoms with van der Waals surface area (Å²) in [5.74, 6) is -0.547. The van der Waals surface area contributed by atoms with Gasteiger partial charge in [-0.3, -0.25) is 19.7 Å². The van der Waals surface area contributed by atoms with E-state index in [1.54, 1.807) is 23.1 Å². The van der Waals surface area contributed by atoms with Gasteiger partial charge in [-0.15, -0.1) is 0 Å². The summed E-state index contributed by atoms with van der Waals surface area (Å²) < 4.78 is 11.4. The fraction of sp³-hybridized carbons (Fsp3) is 0.524. The van der Waals surface area contributed by atoms with Gasteiger partial charge in [0.2, 0.25) is 5.91 Å². The Kier molecular flexibility index (Phi) is 8.25. The van der Waals surface area contributed by atoms with Gasteiger partial charge in [0.25, 0.3) is 5.91 Å². The maximum atomic E-state index is 12.6. The topological polar surface area (TPSA) is 97.0 Å². The first-order chi connectivity index (χ1) is 14.9. The molecule has 0 bridgehead atoms. The molecule has 0 radical (unpaired) electrons. The van der Waals surface area contributed by atoms with Crippen LogP contribution in [0.2, 0.25) is 0 Å². The second-order valence-corrected chi connectivity index (χ2v) is 8.80. The van der Waals surface area contributed by atoms with E-state index in [0.29, 0.717) is 28.9 Å². The molecular formula is C21H26BrN3O5S. The number of benzene rings is 1. The molecule has 1 aromatic carbocycles. The van der Waals surface area contributed by atoms with Gasteiger partial charge in [-0.25, -0.2) is 0 Å². The molecule has 1 atom stereocenters. The van der Waals surface area contributed by atoms with E-state index in [1.165, 1.54) is 7.11 Å². The van der Waals surface area contributed by atoms with Crippen molar-refractivity contribution in [2.24, 2.45) is 0 Å². The molecule has 31 heavy (non-hydrogen) atoms. The summed E-state index contributed by atoms with van der Waals surface area (Å²) in [6, 6.07) is 4.09. The summed E-state index contributed by atoms with van der Waals surface area (Å²) in [6.45, 7) is 0.760. The number of hydrogen-bond donors (Lipinski definition) is 2. The molecule has 2 amide bonds. The van der Waals surface area contributed by atoms with Crippen LogP contribution in [0.1, 0.15) is 48.9 Å². The molecule has 2 fully saturated rings. The average Bonchev–Trinajstić information content (AvgIpc) is 2.75. The Morgan fingerprint density at radius 2 is 2.03 bits per heavy atom. The van der Waals surface area contributed by atoms with Gasteiger partial charge in [0.05, 0.1) is 18.0 Å². The molecule has 3 rings (SSSR count). The molecule has 2 N–H and O–H groups in total. The summed E-state index contributed by atoms with van der Waals surface area (Å²) in [4.78, 5) is 39.1. The van der Waals surface area contributed by atoms with Gasteiger partial charge in [0.1, 0.15) is 17.9 Å². The largest absolute Gasteiger partial charge is 0.496 e. The number of hydrogen-bond acceptors (Lipinski definition) is 6. The standard InChI is InChI=1S/C21H26BrN3O5S/c1-29-17-8-7-13(11-15(17)22)19(27)24-21(31)25-10-9-23-20(28)16(25)12-18(26)30-14-5-3-2-4-6-14/h7-8,11,14,16H,2-6,9-10,12H2,1H3,(H,23,28)(H,24,27,31). The Morgan fingerprint density at radius 3 is 2.71 bits per heavy atom. The number of nitrogens with zero attached hydrogens (tertiary/aromatic N) is 1. The van der Waals surface area contributed by atoms with Crippen molar-refractivity contribution in [1.29, 1.82) is 0 Å².